The average Bonchev–Trinajstić information content (AvgIpc) is 3.88. The first-order chi connectivity index (χ1) is 26.3. The van der Waals surface area contributed by atoms with Crippen molar-refractivity contribution in [3.63, 3.8) is 0 Å². The van der Waals surface area contributed by atoms with Crippen LogP contribution in [0.5, 0.6) is 0 Å². The molecule has 0 bridgehead atoms. The van der Waals surface area contributed by atoms with Gasteiger partial charge in [-0.15, -0.1) is 11.3 Å². The van der Waals surface area contributed by atoms with Crippen molar-refractivity contribution >= 4 is 96.8 Å². The normalized spacial score (nSPS) is 12.2. The van der Waals surface area contributed by atoms with E-state index in [1.165, 1.54) is 63.5 Å². The van der Waals surface area contributed by atoms with Crippen molar-refractivity contribution in [1.82, 2.24) is 19.1 Å². The molecule has 12 rings (SSSR count). The van der Waals surface area contributed by atoms with Crippen molar-refractivity contribution < 1.29 is 0 Å². The lowest BCUT2D eigenvalue weighted by molar-refractivity contribution is 1.01. The Balaban J connectivity index is 1.15. The molecule has 0 atom stereocenters. The number of benzene rings is 8. The topological polar surface area (TPSA) is 35.6 Å². The number of aromatic nitrogens is 4. The van der Waals surface area contributed by atoms with Gasteiger partial charge in [-0.25, -0.2) is 9.97 Å². The average molecular weight is 693 g/mol. The molecule has 0 fully saturated rings. The number of para-hydroxylation sites is 4. The summed E-state index contributed by atoms with van der Waals surface area (Å²) in [7, 11) is 0. The van der Waals surface area contributed by atoms with Gasteiger partial charge in [0.25, 0.3) is 0 Å². The highest BCUT2D eigenvalue weighted by Gasteiger charge is 2.22. The van der Waals surface area contributed by atoms with Gasteiger partial charge < -0.3 is 4.57 Å². The fourth-order valence-corrected chi connectivity index (χ4v) is 9.84. The van der Waals surface area contributed by atoms with E-state index in [4.69, 9.17) is 9.97 Å². The van der Waals surface area contributed by atoms with Gasteiger partial charge in [-0.05, 0) is 65.4 Å². The summed E-state index contributed by atoms with van der Waals surface area (Å²) >= 11 is 1.87. The van der Waals surface area contributed by atoms with E-state index in [1.807, 2.05) is 11.3 Å². The van der Waals surface area contributed by atoms with E-state index in [0.29, 0.717) is 5.95 Å². The first-order valence-corrected chi connectivity index (χ1v) is 18.7. The lowest BCUT2D eigenvalue weighted by Crippen LogP contribution is -2.03. The maximum Gasteiger partial charge on any atom is 0.235 e. The molecule has 0 radical (unpaired) electrons. The van der Waals surface area contributed by atoms with Crippen molar-refractivity contribution in [2.24, 2.45) is 0 Å². The first-order valence-electron chi connectivity index (χ1n) is 17.9. The zero-order valence-corrected chi connectivity index (χ0v) is 29.2. The van der Waals surface area contributed by atoms with Gasteiger partial charge >= 0.3 is 0 Å². The molecule has 12 aromatic rings. The van der Waals surface area contributed by atoms with Crippen LogP contribution in [0.2, 0.25) is 0 Å². The minimum absolute atomic E-state index is 0.664. The SMILES string of the molecule is c1ccc(-n2c3ccccc3c3c4c5ccccc5n(-c5nc(-c6ccc7sc8c9ccccc9ccc8c7c6)c6ccccc6n5)c4ccc32)cc1. The van der Waals surface area contributed by atoms with Crippen LogP contribution in [0.15, 0.2) is 170 Å². The number of fused-ring (bicyclic) bond motifs is 13. The highest BCUT2D eigenvalue weighted by molar-refractivity contribution is 7.26. The Morgan fingerprint density at radius 2 is 1.06 bits per heavy atom. The van der Waals surface area contributed by atoms with E-state index in [1.54, 1.807) is 0 Å². The highest BCUT2D eigenvalue weighted by Crippen LogP contribution is 2.43. The second-order valence-electron chi connectivity index (χ2n) is 13.8. The van der Waals surface area contributed by atoms with Gasteiger partial charge in [-0.3, -0.25) is 4.57 Å². The van der Waals surface area contributed by atoms with Crippen LogP contribution in [0.3, 0.4) is 0 Å². The van der Waals surface area contributed by atoms with Gasteiger partial charge in [0.1, 0.15) is 0 Å². The van der Waals surface area contributed by atoms with E-state index < -0.39 is 0 Å². The predicted octanol–water partition coefficient (Wildman–Crippen LogP) is 13.0. The maximum absolute atomic E-state index is 5.48. The molecule has 5 heteroatoms. The second kappa shape index (κ2) is 10.8. The van der Waals surface area contributed by atoms with Crippen molar-refractivity contribution in [1.29, 1.82) is 0 Å². The molecule has 0 saturated heterocycles. The predicted molar refractivity (Wildman–Crippen MR) is 224 cm³/mol. The number of rotatable bonds is 3. The van der Waals surface area contributed by atoms with Crippen LogP contribution in [0.1, 0.15) is 0 Å². The van der Waals surface area contributed by atoms with Gasteiger partial charge in [0.2, 0.25) is 5.95 Å². The minimum atomic E-state index is 0.664. The molecule has 0 amide bonds. The molecule has 53 heavy (non-hydrogen) atoms. The van der Waals surface area contributed by atoms with Gasteiger partial charge in [-0.1, -0.05) is 115 Å². The standard InChI is InChI=1S/C48H28N4S/c1-2-13-31(14-3-1)51-39-20-10-7-17-35(39)44-41(51)25-26-42-45(44)36-18-8-11-21-40(36)52(42)48-49-38-19-9-6-16-34(38)46(50-48)30-23-27-43-37(28-30)33-24-22-29-12-4-5-15-32(29)47(33)53-43/h1-28H. The van der Waals surface area contributed by atoms with Crippen molar-refractivity contribution in [2.75, 3.05) is 0 Å². The molecular weight excluding hydrogens is 665 g/mol. The van der Waals surface area contributed by atoms with Crippen LogP contribution in [-0.2, 0) is 0 Å². The zero-order valence-electron chi connectivity index (χ0n) is 28.4. The Bertz CT molecular complexity index is 3460. The van der Waals surface area contributed by atoms with Crippen LogP contribution in [0, 0.1) is 0 Å². The zero-order chi connectivity index (χ0) is 34.6. The van der Waals surface area contributed by atoms with E-state index in [2.05, 4.69) is 179 Å². The second-order valence-corrected chi connectivity index (χ2v) is 14.8. The van der Waals surface area contributed by atoms with E-state index in [-0.39, 0.29) is 0 Å². The fourth-order valence-electron chi connectivity index (χ4n) is 8.63. The van der Waals surface area contributed by atoms with Gasteiger partial charge in [0.15, 0.2) is 0 Å². The molecule has 0 aliphatic rings. The van der Waals surface area contributed by atoms with E-state index in [0.717, 1.165) is 38.9 Å². The third kappa shape index (κ3) is 4.05. The molecule has 0 spiro atoms. The maximum atomic E-state index is 5.48. The molecule has 0 aliphatic heterocycles. The van der Waals surface area contributed by atoms with Crippen LogP contribution >= 0.6 is 11.3 Å². The Morgan fingerprint density at radius 1 is 0.415 bits per heavy atom. The summed E-state index contributed by atoms with van der Waals surface area (Å²) in [6, 6.07) is 61.0. The summed E-state index contributed by atoms with van der Waals surface area (Å²) in [5, 5.41) is 11.0. The van der Waals surface area contributed by atoms with Crippen molar-refractivity contribution in [3.8, 4) is 22.9 Å². The molecule has 0 saturated carbocycles. The van der Waals surface area contributed by atoms with Crippen molar-refractivity contribution in [3.05, 3.63) is 170 Å². The summed E-state index contributed by atoms with van der Waals surface area (Å²) in [6.07, 6.45) is 0. The summed E-state index contributed by atoms with van der Waals surface area (Å²) < 4.78 is 7.25. The molecule has 4 aromatic heterocycles. The Hall–Kier alpha value is -6.82. The Morgan fingerprint density at radius 3 is 1.85 bits per heavy atom. The van der Waals surface area contributed by atoms with Gasteiger partial charge in [0.05, 0.1) is 33.3 Å². The molecule has 246 valence electrons. The molecule has 8 aromatic carbocycles. The number of hydrogen-bond donors (Lipinski definition) is 0. The third-order valence-corrected chi connectivity index (χ3v) is 12.1. The summed E-state index contributed by atoms with van der Waals surface area (Å²) in [5.74, 6) is 0.664. The fraction of sp³-hybridized carbons (Fsp3) is 0. The summed E-state index contributed by atoms with van der Waals surface area (Å²) in [5.41, 5.74) is 8.61. The summed E-state index contributed by atoms with van der Waals surface area (Å²) in [4.78, 5) is 10.8. The molecule has 0 N–H and O–H groups in total. The first kappa shape index (κ1) is 28.8. The van der Waals surface area contributed by atoms with Crippen LogP contribution in [0.25, 0.3) is 108 Å². The number of hydrogen-bond acceptors (Lipinski definition) is 3. The van der Waals surface area contributed by atoms with E-state index in [9.17, 15) is 0 Å². The molecule has 0 aliphatic carbocycles. The van der Waals surface area contributed by atoms with Crippen LogP contribution in [0.4, 0.5) is 0 Å². The molecule has 0 unspecified atom stereocenters. The summed E-state index contributed by atoms with van der Waals surface area (Å²) in [6.45, 7) is 0. The van der Waals surface area contributed by atoms with Gasteiger partial charge in [-0.2, -0.15) is 0 Å². The number of thiophene rings is 1. The molecular formula is C48H28N4S. The van der Waals surface area contributed by atoms with Gasteiger partial charge in [0, 0.05) is 58.4 Å². The smallest absolute Gasteiger partial charge is 0.235 e. The lowest BCUT2D eigenvalue weighted by atomic mass is 10.0. The molecule has 4 heterocycles. The van der Waals surface area contributed by atoms with Crippen molar-refractivity contribution in [2.45, 2.75) is 0 Å². The Labute approximate surface area is 307 Å². The minimum Gasteiger partial charge on any atom is -0.309 e. The van der Waals surface area contributed by atoms with Crippen LogP contribution < -0.4 is 0 Å². The van der Waals surface area contributed by atoms with Crippen LogP contribution in [-0.4, -0.2) is 19.1 Å². The largest absolute Gasteiger partial charge is 0.309 e. The number of nitrogens with zero attached hydrogens (tertiary/aromatic N) is 4. The Kier molecular flexibility index (Phi) is 5.90. The lowest BCUT2D eigenvalue weighted by Gasteiger charge is -2.12. The molecule has 4 nitrogen and oxygen atoms in total. The highest BCUT2D eigenvalue weighted by atomic mass is 32.1. The quantitative estimate of drug-likeness (QED) is 0.185. The monoisotopic (exact) mass is 692 g/mol. The third-order valence-electron chi connectivity index (χ3n) is 10.9. The van der Waals surface area contributed by atoms with E-state index >= 15 is 0 Å².